The quantitative estimate of drug-likeness (QED) is 0.310. The van der Waals surface area contributed by atoms with Crippen molar-refractivity contribution < 1.29 is 23.9 Å². The van der Waals surface area contributed by atoms with Gasteiger partial charge in [-0.3, -0.25) is 9.59 Å². The standard InChI is InChI=1S/C15H22O5/c1-3-4-5-6-9-12(16)15(10-7-8-11-15)13(17)20-14(18)19-2/h3H,1,4-11H2,2H3. The summed E-state index contributed by atoms with van der Waals surface area (Å²) in [5.41, 5.74) is -1.14. The Morgan fingerprint density at radius 2 is 1.85 bits per heavy atom. The maximum atomic E-state index is 12.4. The molecule has 0 amide bonds. The van der Waals surface area contributed by atoms with Gasteiger partial charge in [0.15, 0.2) is 0 Å². The molecule has 1 aliphatic carbocycles. The van der Waals surface area contributed by atoms with Gasteiger partial charge in [-0.25, -0.2) is 4.79 Å². The molecule has 0 N–H and O–H groups in total. The minimum absolute atomic E-state index is 0.118. The number of hydrogen-bond donors (Lipinski definition) is 0. The lowest BCUT2D eigenvalue weighted by molar-refractivity contribution is -0.156. The van der Waals surface area contributed by atoms with Crippen molar-refractivity contribution in [3.8, 4) is 0 Å². The molecule has 1 fully saturated rings. The molecule has 0 aromatic carbocycles. The van der Waals surface area contributed by atoms with Crippen LogP contribution in [0.1, 0.15) is 51.4 Å². The molecule has 0 unspecified atom stereocenters. The van der Waals surface area contributed by atoms with E-state index in [0.29, 0.717) is 19.3 Å². The number of hydrogen-bond acceptors (Lipinski definition) is 5. The number of carbonyl (C=O) groups is 3. The van der Waals surface area contributed by atoms with E-state index in [1.807, 2.05) is 0 Å². The number of ketones is 1. The zero-order chi connectivity index (χ0) is 15.0. The zero-order valence-electron chi connectivity index (χ0n) is 12.0. The summed E-state index contributed by atoms with van der Waals surface area (Å²) >= 11 is 0. The van der Waals surface area contributed by atoms with E-state index in [-0.39, 0.29) is 5.78 Å². The second-order valence-electron chi connectivity index (χ2n) is 5.09. The van der Waals surface area contributed by atoms with Gasteiger partial charge in [0.1, 0.15) is 11.2 Å². The molecule has 0 aliphatic heterocycles. The van der Waals surface area contributed by atoms with Gasteiger partial charge in [-0.2, -0.15) is 0 Å². The Bertz CT molecular complexity index is 380. The third kappa shape index (κ3) is 3.92. The summed E-state index contributed by atoms with van der Waals surface area (Å²) < 4.78 is 8.91. The molecule has 20 heavy (non-hydrogen) atoms. The van der Waals surface area contributed by atoms with Crippen LogP contribution in [0.2, 0.25) is 0 Å². The van der Waals surface area contributed by atoms with Crippen LogP contribution in [-0.2, 0) is 19.1 Å². The number of carbonyl (C=O) groups excluding carboxylic acids is 3. The van der Waals surface area contributed by atoms with Gasteiger partial charge in [-0.15, -0.1) is 6.58 Å². The Balaban J connectivity index is 2.65. The summed E-state index contributed by atoms with van der Waals surface area (Å²) in [6.45, 7) is 3.63. The largest absolute Gasteiger partial charge is 0.515 e. The van der Waals surface area contributed by atoms with Crippen molar-refractivity contribution in [2.45, 2.75) is 51.4 Å². The highest BCUT2D eigenvalue weighted by atomic mass is 16.7. The maximum absolute atomic E-state index is 12.4. The van der Waals surface area contributed by atoms with Crippen LogP contribution in [0, 0.1) is 5.41 Å². The molecular formula is C15H22O5. The lowest BCUT2D eigenvalue weighted by atomic mass is 9.79. The Kier molecular flexibility index (Phi) is 6.42. The van der Waals surface area contributed by atoms with Crippen LogP contribution in [0.25, 0.3) is 0 Å². The van der Waals surface area contributed by atoms with E-state index in [2.05, 4.69) is 16.1 Å². The Morgan fingerprint density at radius 3 is 2.40 bits per heavy atom. The summed E-state index contributed by atoms with van der Waals surface area (Å²) in [7, 11) is 1.13. The number of unbranched alkanes of at least 4 members (excludes halogenated alkanes) is 2. The van der Waals surface area contributed by atoms with E-state index in [9.17, 15) is 14.4 Å². The Hall–Kier alpha value is -1.65. The fraction of sp³-hybridized carbons (Fsp3) is 0.667. The lowest BCUT2D eigenvalue weighted by Gasteiger charge is -2.24. The van der Waals surface area contributed by atoms with E-state index in [4.69, 9.17) is 0 Å². The lowest BCUT2D eigenvalue weighted by Crippen LogP contribution is -2.39. The monoisotopic (exact) mass is 282 g/mol. The molecule has 0 aromatic heterocycles. The smallest absolute Gasteiger partial charge is 0.437 e. The second kappa shape index (κ2) is 7.82. The molecule has 0 atom stereocenters. The molecule has 0 spiro atoms. The van der Waals surface area contributed by atoms with Crippen LogP contribution in [0.4, 0.5) is 4.79 Å². The van der Waals surface area contributed by atoms with Crippen LogP contribution in [0.3, 0.4) is 0 Å². The summed E-state index contributed by atoms with van der Waals surface area (Å²) in [5, 5.41) is 0. The average molecular weight is 282 g/mol. The number of Topliss-reactive ketones (excluding diaryl/α,β-unsaturated/α-hetero) is 1. The minimum atomic E-state index is -1.14. The predicted octanol–water partition coefficient (Wildman–Crippen LogP) is 3.17. The van der Waals surface area contributed by atoms with Crippen LogP contribution >= 0.6 is 0 Å². The van der Waals surface area contributed by atoms with Crippen molar-refractivity contribution in [2.75, 3.05) is 7.11 Å². The van der Waals surface area contributed by atoms with Gasteiger partial charge in [-0.05, 0) is 32.1 Å². The molecule has 1 saturated carbocycles. The molecular weight excluding hydrogens is 260 g/mol. The van der Waals surface area contributed by atoms with Gasteiger partial charge >= 0.3 is 12.1 Å². The number of rotatable bonds is 7. The number of methoxy groups -OCH3 is 1. The molecule has 0 heterocycles. The molecule has 1 rings (SSSR count). The predicted molar refractivity (Wildman–Crippen MR) is 73.1 cm³/mol. The first-order chi connectivity index (χ1) is 9.56. The highest BCUT2D eigenvalue weighted by Gasteiger charge is 2.49. The highest BCUT2D eigenvalue weighted by Crippen LogP contribution is 2.41. The normalized spacial score (nSPS) is 16.4. The molecule has 0 aromatic rings. The van der Waals surface area contributed by atoms with Crippen molar-refractivity contribution in [2.24, 2.45) is 5.41 Å². The first-order valence-corrected chi connectivity index (χ1v) is 7.01. The van der Waals surface area contributed by atoms with Crippen LogP contribution in [0.5, 0.6) is 0 Å². The van der Waals surface area contributed by atoms with E-state index in [0.717, 1.165) is 39.2 Å². The van der Waals surface area contributed by atoms with Gasteiger partial charge in [-0.1, -0.05) is 18.9 Å². The topological polar surface area (TPSA) is 69.7 Å². The van der Waals surface area contributed by atoms with Gasteiger partial charge in [0, 0.05) is 6.42 Å². The molecule has 112 valence electrons. The first-order valence-electron chi connectivity index (χ1n) is 7.01. The first kappa shape index (κ1) is 16.4. The summed E-state index contributed by atoms with van der Waals surface area (Å²) in [5.74, 6) is -0.872. The second-order valence-corrected chi connectivity index (χ2v) is 5.09. The molecule has 1 aliphatic rings. The van der Waals surface area contributed by atoms with Crippen molar-refractivity contribution in [3.05, 3.63) is 12.7 Å². The summed E-state index contributed by atoms with van der Waals surface area (Å²) in [4.78, 5) is 35.5. The fourth-order valence-electron chi connectivity index (χ4n) is 2.60. The summed E-state index contributed by atoms with van der Waals surface area (Å²) in [6, 6.07) is 0. The van der Waals surface area contributed by atoms with Gasteiger partial charge < -0.3 is 9.47 Å². The fourth-order valence-corrected chi connectivity index (χ4v) is 2.60. The molecule has 5 nitrogen and oxygen atoms in total. The SMILES string of the molecule is C=CCCCCC(=O)C1(C(=O)OC(=O)OC)CCCC1. The molecule has 0 radical (unpaired) electrons. The van der Waals surface area contributed by atoms with Crippen molar-refractivity contribution >= 4 is 17.9 Å². The van der Waals surface area contributed by atoms with Crippen LogP contribution in [-0.4, -0.2) is 25.0 Å². The van der Waals surface area contributed by atoms with Crippen LogP contribution < -0.4 is 0 Å². The maximum Gasteiger partial charge on any atom is 0.515 e. The van der Waals surface area contributed by atoms with Crippen molar-refractivity contribution in [3.63, 3.8) is 0 Å². The van der Waals surface area contributed by atoms with Crippen LogP contribution in [0.15, 0.2) is 12.7 Å². The van der Waals surface area contributed by atoms with Crippen molar-refractivity contribution in [1.82, 2.24) is 0 Å². The average Bonchev–Trinajstić information content (AvgIpc) is 2.94. The zero-order valence-corrected chi connectivity index (χ0v) is 12.0. The molecule has 0 bridgehead atoms. The van der Waals surface area contributed by atoms with E-state index >= 15 is 0 Å². The van der Waals surface area contributed by atoms with Gasteiger partial charge in [0.25, 0.3) is 0 Å². The molecule has 0 saturated heterocycles. The third-order valence-corrected chi connectivity index (χ3v) is 3.79. The third-order valence-electron chi connectivity index (χ3n) is 3.79. The molecule has 5 heteroatoms. The Labute approximate surface area is 119 Å². The van der Waals surface area contributed by atoms with E-state index in [1.165, 1.54) is 0 Å². The summed E-state index contributed by atoms with van der Waals surface area (Å²) in [6.07, 6.45) is 6.06. The highest BCUT2D eigenvalue weighted by molar-refractivity contribution is 6.06. The number of ether oxygens (including phenoxy) is 2. The van der Waals surface area contributed by atoms with E-state index < -0.39 is 17.5 Å². The van der Waals surface area contributed by atoms with E-state index in [1.54, 1.807) is 6.08 Å². The number of allylic oxidation sites excluding steroid dienone is 1. The van der Waals surface area contributed by atoms with Gasteiger partial charge in [0.05, 0.1) is 7.11 Å². The van der Waals surface area contributed by atoms with Gasteiger partial charge in [0.2, 0.25) is 0 Å². The minimum Gasteiger partial charge on any atom is -0.437 e. The van der Waals surface area contributed by atoms with Crippen molar-refractivity contribution in [1.29, 1.82) is 0 Å². The number of esters is 1. The Morgan fingerprint density at radius 1 is 1.20 bits per heavy atom.